The molecule has 1 unspecified atom stereocenters. The number of benzene rings is 1. The number of ether oxygens (including phenoxy) is 3. The van der Waals surface area contributed by atoms with Crippen molar-refractivity contribution in [2.45, 2.75) is 5.38 Å². The highest BCUT2D eigenvalue weighted by Gasteiger charge is 2.19. The fraction of sp³-hybridized carbons (Fsp3) is 0.286. The highest BCUT2D eigenvalue weighted by atomic mass is 79.9. The third-order valence-electron chi connectivity index (χ3n) is 2.82. The molecule has 0 spiro atoms. The number of rotatable bonds is 5. The summed E-state index contributed by atoms with van der Waals surface area (Å²) < 4.78 is 17.0. The minimum absolute atomic E-state index is 0.264. The van der Waals surface area contributed by atoms with E-state index in [2.05, 4.69) is 15.9 Å². The predicted octanol–water partition coefficient (Wildman–Crippen LogP) is 4.86. The number of alkyl halides is 1. The summed E-state index contributed by atoms with van der Waals surface area (Å²) in [6.07, 6.45) is 0. The van der Waals surface area contributed by atoms with Gasteiger partial charge in [0.1, 0.15) is 0 Å². The molecule has 0 radical (unpaired) electrons. The third kappa shape index (κ3) is 3.05. The van der Waals surface area contributed by atoms with Crippen LogP contribution in [-0.4, -0.2) is 21.3 Å². The summed E-state index contributed by atoms with van der Waals surface area (Å²) in [5, 5.41) is -0.264. The molecule has 0 saturated carbocycles. The standard InChI is InChI=1S/C14H14BrClO3S/c1-17-9-6-8(7-10(18-2)14(9)19-3)13(16)11-4-5-12(15)20-11/h4-7,13H,1-3H3. The van der Waals surface area contributed by atoms with E-state index >= 15 is 0 Å². The number of halogens is 2. The van der Waals surface area contributed by atoms with E-state index in [0.717, 1.165) is 14.2 Å². The monoisotopic (exact) mass is 376 g/mol. The van der Waals surface area contributed by atoms with Crippen molar-refractivity contribution in [2.24, 2.45) is 0 Å². The molecule has 0 fully saturated rings. The second-order valence-electron chi connectivity index (χ2n) is 3.96. The van der Waals surface area contributed by atoms with E-state index in [1.807, 2.05) is 24.3 Å². The SMILES string of the molecule is COc1cc(C(Cl)c2ccc(Br)s2)cc(OC)c1OC. The molecule has 2 rings (SSSR count). The Bertz CT molecular complexity index is 575. The van der Waals surface area contributed by atoms with Gasteiger partial charge in [0.25, 0.3) is 0 Å². The fourth-order valence-electron chi connectivity index (χ4n) is 1.88. The molecule has 2 aromatic rings. The van der Waals surface area contributed by atoms with Gasteiger partial charge in [-0.1, -0.05) is 0 Å². The molecule has 108 valence electrons. The first-order valence-electron chi connectivity index (χ1n) is 5.80. The van der Waals surface area contributed by atoms with E-state index in [0.29, 0.717) is 17.2 Å². The van der Waals surface area contributed by atoms with Crippen LogP contribution in [0.2, 0.25) is 0 Å². The maximum absolute atomic E-state index is 6.54. The molecule has 0 N–H and O–H groups in total. The van der Waals surface area contributed by atoms with Gasteiger partial charge >= 0.3 is 0 Å². The van der Waals surface area contributed by atoms with Crippen molar-refractivity contribution in [3.8, 4) is 17.2 Å². The lowest BCUT2D eigenvalue weighted by Crippen LogP contribution is -1.98. The molecule has 1 atom stereocenters. The van der Waals surface area contributed by atoms with Crippen LogP contribution in [0.25, 0.3) is 0 Å². The van der Waals surface area contributed by atoms with Crippen LogP contribution < -0.4 is 14.2 Å². The van der Waals surface area contributed by atoms with Gasteiger partial charge in [-0.15, -0.1) is 22.9 Å². The lowest BCUT2D eigenvalue weighted by molar-refractivity contribution is 0.324. The van der Waals surface area contributed by atoms with Crippen LogP contribution in [-0.2, 0) is 0 Å². The minimum atomic E-state index is -0.264. The average molecular weight is 378 g/mol. The normalized spacial score (nSPS) is 12.1. The van der Waals surface area contributed by atoms with Gasteiger partial charge in [0, 0.05) is 4.88 Å². The minimum Gasteiger partial charge on any atom is -0.493 e. The molecular weight excluding hydrogens is 364 g/mol. The van der Waals surface area contributed by atoms with E-state index in [4.69, 9.17) is 25.8 Å². The van der Waals surface area contributed by atoms with Crippen molar-refractivity contribution in [3.05, 3.63) is 38.5 Å². The lowest BCUT2D eigenvalue weighted by Gasteiger charge is -2.16. The van der Waals surface area contributed by atoms with E-state index in [1.165, 1.54) is 0 Å². The quantitative estimate of drug-likeness (QED) is 0.696. The van der Waals surface area contributed by atoms with Crippen molar-refractivity contribution >= 4 is 38.9 Å². The van der Waals surface area contributed by atoms with Gasteiger partial charge in [-0.3, -0.25) is 0 Å². The summed E-state index contributed by atoms with van der Waals surface area (Å²) in [5.41, 5.74) is 0.899. The molecule has 0 bridgehead atoms. The zero-order valence-corrected chi connectivity index (χ0v) is 14.4. The Balaban J connectivity index is 2.46. The molecule has 6 heteroatoms. The Hall–Kier alpha value is -0.910. The lowest BCUT2D eigenvalue weighted by atomic mass is 10.1. The Kier molecular flexibility index (Phi) is 5.18. The van der Waals surface area contributed by atoms with Crippen LogP contribution in [0.3, 0.4) is 0 Å². The van der Waals surface area contributed by atoms with Gasteiger partial charge in [-0.2, -0.15) is 0 Å². The van der Waals surface area contributed by atoms with Crippen LogP contribution in [0.4, 0.5) is 0 Å². The first kappa shape index (κ1) is 15.5. The Morgan fingerprint density at radius 1 is 1.05 bits per heavy atom. The zero-order valence-electron chi connectivity index (χ0n) is 11.3. The number of hydrogen-bond acceptors (Lipinski definition) is 4. The smallest absolute Gasteiger partial charge is 0.203 e. The maximum atomic E-state index is 6.54. The molecule has 0 aliphatic carbocycles. The summed E-state index contributed by atoms with van der Waals surface area (Å²) in [7, 11) is 4.76. The Labute approximate surface area is 135 Å². The van der Waals surface area contributed by atoms with Crippen LogP contribution in [0.5, 0.6) is 17.2 Å². The molecule has 0 amide bonds. The highest BCUT2D eigenvalue weighted by molar-refractivity contribution is 9.11. The van der Waals surface area contributed by atoms with Gasteiger partial charge in [-0.25, -0.2) is 0 Å². The molecule has 3 nitrogen and oxygen atoms in total. The van der Waals surface area contributed by atoms with Crippen LogP contribution in [0.1, 0.15) is 15.8 Å². The largest absolute Gasteiger partial charge is 0.493 e. The molecule has 0 saturated heterocycles. The van der Waals surface area contributed by atoms with Gasteiger partial charge in [0.15, 0.2) is 11.5 Å². The van der Waals surface area contributed by atoms with Gasteiger partial charge in [0.2, 0.25) is 5.75 Å². The summed E-state index contributed by atoms with van der Waals surface area (Å²) in [6.45, 7) is 0. The number of hydrogen-bond donors (Lipinski definition) is 0. The van der Waals surface area contributed by atoms with Crippen molar-refractivity contribution in [1.82, 2.24) is 0 Å². The molecule has 0 aliphatic rings. The summed E-state index contributed by atoms with van der Waals surface area (Å²) in [5.74, 6) is 1.77. The molecule has 20 heavy (non-hydrogen) atoms. The first-order valence-corrected chi connectivity index (χ1v) is 7.84. The first-order chi connectivity index (χ1) is 9.60. The maximum Gasteiger partial charge on any atom is 0.203 e. The third-order valence-corrected chi connectivity index (χ3v) is 5.13. The van der Waals surface area contributed by atoms with E-state index in [9.17, 15) is 0 Å². The Morgan fingerprint density at radius 2 is 1.65 bits per heavy atom. The van der Waals surface area contributed by atoms with Crippen molar-refractivity contribution in [1.29, 1.82) is 0 Å². The molecular formula is C14H14BrClO3S. The average Bonchev–Trinajstić information content (AvgIpc) is 2.91. The zero-order chi connectivity index (χ0) is 14.7. The topological polar surface area (TPSA) is 27.7 Å². The highest BCUT2D eigenvalue weighted by Crippen LogP contribution is 2.43. The van der Waals surface area contributed by atoms with Gasteiger partial charge < -0.3 is 14.2 Å². The second-order valence-corrected chi connectivity index (χ2v) is 6.89. The Morgan fingerprint density at radius 3 is 2.05 bits per heavy atom. The van der Waals surface area contributed by atoms with E-state index in [-0.39, 0.29) is 5.38 Å². The van der Waals surface area contributed by atoms with Crippen LogP contribution >= 0.6 is 38.9 Å². The van der Waals surface area contributed by atoms with Gasteiger partial charge in [0.05, 0.1) is 30.5 Å². The fourth-order valence-corrected chi connectivity index (χ4v) is 3.64. The summed E-state index contributed by atoms with van der Waals surface area (Å²) in [6, 6.07) is 7.71. The van der Waals surface area contributed by atoms with E-state index in [1.54, 1.807) is 32.7 Å². The van der Waals surface area contributed by atoms with Crippen molar-refractivity contribution in [2.75, 3.05) is 21.3 Å². The molecule has 1 aromatic carbocycles. The molecule has 1 heterocycles. The number of methoxy groups -OCH3 is 3. The van der Waals surface area contributed by atoms with Crippen LogP contribution in [0.15, 0.2) is 28.1 Å². The van der Waals surface area contributed by atoms with E-state index < -0.39 is 0 Å². The number of thiophene rings is 1. The summed E-state index contributed by atoms with van der Waals surface area (Å²) in [4.78, 5) is 1.05. The summed E-state index contributed by atoms with van der Waals surface area (Å²) >= 11 is 11.6. The van der Waals surface area contributed by atoms with Gasteiger partial charge in [-0.05, 0) is 45.8 Å². The van der Waals surface area contributed by atoms with Crippen LogP contribution in [0, 0.1) is 0 Å². The van der Waals surface area contributed by atoms with Crippen molar-refractivity contribution < 1.29 is 14.2 Å². The van der Waals surface area contributed by atoms with Crippen molar-refractivity contribution in [3.63, 3.8) is 0 Å². The second kappa shape index (κ2) is 6.70. The molecule has 1 aromatic heterocycles. The predicted molar refractivity (Wildman–Crippen MR) is 85.8 cm³/mol. The molecule has 0 aliphatic heterocycles.